The van der Waals surface area contributed by atoms with Crippen molar-refractivity contribution in [2.45, 2.75) is 38.3 Å². The van der Waals surface area contributed by atoms with Crippen LogP contribution in [0.5, 0.6) is 5.75 Å². The molecule has 24 heavy (non-hydrogen) atoms. The first-order chi connectivity index (χ1) is 11.3. The van der Waals surface area contributed by atoms with Gasteiger partial charge in [0.05, 0.1) is 13.1 Å². The molecule has 1 fully saturated rings. The molecule has 0 aliphatic carbocycles. The zero-order chi connectivity index (χ0) is 16.1. The van der Waals surface area contributed by atoms with Gasteiger partial charge in [0.15, 0.2) is 5.96 Å². The van der Waals surface area contributed by atoms with Gasteiger partial charge in [0, 0.05) is 19.0 Å². The van der Waals surface area contributed by atoms with E-state index in [9.17, 15) is 0 Å². The van der Waals surface area contributed by atoms with E-state index < -0.39 is 0 Å². The SMILES string of the molecule is CCNC(=NCC1CCCN1C)NCC1Cc2ccccc2O1.I. The van der Waals surface area contributed by atoms with Gasteiger partial charge in [-0.25, -0.2) is 0 Å². The Morgan fingerprint density at radius 1 is 1.33 bits per heavy atom. The van der Waals surface area contributed by atoms with Crippen molar-refractivity contribution in [1.29, 1.82) is 0 Å². The third-order valence-electron chi connectivity index (χ3n) is 4.69. The first-order valence-electron chi connectivity index (χ1n) is 8.73. The standard InChI is InChI=1S/C18H28N4O.HI/c1-3-19-18(20-12-15-8-6-10-22(15)2)21-13-16-11-14-7-4-5-9-17(14)23-16;/h4-5,7,9,15-16H,3,6,8,10-13H2,1-2H3,(H2,19,20,21);1H. The Morgan fingerprint density at radius 2 is 2.17 bits per heavy atom. The molecule has 5 nitrogen and oxygen atoms in total. The third-order valence-corrected chi connectivity index (χ3v) is 4.69. The summed E-state index contributed by atoms with van der Waals surface area (Å²) in [6, 6.07) is 8.87. The summed E-state index contributed by atoms with van der Waals surface area (Å²) in [5.41, 5.74) is 1.30. The molecule has 0 bridgehead atoms. The van der Waals surface area contributed by atoms with Crippen LogP contribution in [0, 0.1) is 0 Å². The lowest BCUT2D eigenvalue weighted by atomic mass is 10.1. The van der Waals surface area contributed by atoms with E-state index in [4.69, 9.17) is 9.73 Å². The van der Waals surface area contributed by atoms with E-state index >= 15 is 0 Å². The number of hydrogen-bond acceptors (Lipinski definition) is 3. The predicted octanol–water partition coefficient (Wildman–Crippen LogP) is 2.26. The number of likely N-dealkylation sites (tertiary alicyclic amines) is 1. The predicted molar refractivity (Wildman–Crippen MR) is 110 cm³/mol. The molecule has 0 radical (unpaired) electrons. The van der Waals surface area contributed by atoms with Crippen LogP contribution in [0.15, 0.2) is 29.3 Å². The first-order valence-corrected chi connectivity index (χ1v) is 8.73. The number of nitrogens with zero attached hydrogens (tertiary/aromatic N) is 2. The van der Waals surface area contributed by atoms with Crippen LogP contribution in [0.25, 0.3) is 0 Å². The monoisotopic (exact) mass is 444 g/mol. The highest BCUT2D eigenvalue weighted by Gasteiger charge is 2.23. The Kier molecular flexibility index (Phi) is 7.61. The van der Waals surface area contributed by atoms with Gasteiger partial charge >= 0.3 is 0 Å². The fourth-order valence-corrected chi connectivity index (χ4v) is 3.33. The van der Waals surface area contributed by atoms with Crippen molar-refractivity contribution in [3.63, 3.8) is 0 Å². The fraction of sp³-hybridized carbons (Fsp3) is 0.611. The van der Waals surface area contributed by atoms with Crippen LogP contribution >= 0.6 is 24.0 Å². The first kappa shape index (κ1) is 19.3. The van der Waals surface area contributed by atoms with Gasteiger partial charge in [-0.1, -0.05) is 18.2 Å². The lowest BCUT2D eigenvalue weighted by Gasteiger charge is -2.19. The summed E-state index contributed by atoms with van der Waals surface area (Å²) in [7, 11) is 2.19. The zero-order valence-corrected chi connectivity index (χ0v) is 17.0. The minimum absolute atomic E-state index is 0. The van der Waals surface area contributed by atoms with Crippen molar-refractivity contribution >= 4 is 29.9 Å². The molecular weight excluding hydrogens is 415 g/mol. The molecule has 2 aliphatic heterocycles. The number of benzene rings is 1. The van der Waals surface area contributed by atoms with Crippen molar-refractivity contribution in [2.75, 3.05) is 33.2 Å². The van der Waals surface area contributed by atoms with Gasteiger partial charge in [-0.15, -0.1) is 24.0 Å². The number of ether oxygens (including phenoxy) is 1. The number of halogens is 1. The molecule has 2 aliphatic rings. The highest BCUT2D eigenvalue weighted by atomic mass is 127. The molecule has 134 valence electrons. The van der Waals surface area contributed by atoms with Gasteiger partial charge in [0.1, 0.15) is 11.9 Å². The van der Waals surface area contributed by atoms with E-state index in [0.717, 1.165) is 37.8 Å². The highest BCUT2D eigenvalue weighted by molar-refractivity contribution is 14.0. The zero-order valence-electron chi connectivity index (χ0n) is 14.6. The van der Waals surface area contributed by atoms with Crippen molar-refractivity contribution in [3.05, 3.63) is 29.8 Å². The van der Waals surface area contributed by atoms with Crippen LogP contribution in [-0.4, -0.2) is 56.2 Å². The molecule has 3 rings (SSSR count). The van der Waals surface area contributed by atoms with Crippen LogP contribution in [0.3, 0.4) is 0 Å². The number of fused-ring (bicyclic) bond motifs is 1. The van der Waals surface area contributed by atoms with Crippen molar-refractivity contribution in [1.82, 2.24) is 15.5 Å². The largest absolute Gasteiger partial charge is 0.488 e. The average molecular weight is 444 g/mol. The summed E-state index contributed by atoms with van der Waals surface area (Å²) in [4.78, 5) is 7.16. The topological polar surface area (TPSA) is 48.9 Å². The number of likely N-dealkylation sites (N-methyl/N-ethyl adjacent to an activating group) is 1. The molecule has 2 heterocycles. The van der Waals surface area contributed by atoms with Crippen LogP contribution in [-0.2, 0) is 6.42 Å². The summed E-state index contributed by atoms with van der Waals surface area (Å²) < 4.78 is 5.98. The number of para-hydroxylation sites is 1. The second-order valence-electron chi connectivity index (χ2n) is 6.43. The van der Waals surface area contributed by atoms with Gasteiger partial charge in [0.2, 0.25) is 0 Å². The number of rotatable bonds is 5. The normalized spacial score (nSPS) is 23.3. The van der Waals surface area contributed by atoms with Crippen LogP contribution in [0.4, 0.5) is 0 Å². The lowest BCUT2D eigenvalue weighted by molar-refractivity contribution is 0.235. The summed E-state index contributed by atoms with van der Waals surface area (Å²) >= 11 is 0. The molecule has 0 aromatic heterocycles. The van der Waals surface area contributed by atoms with Crippen molar-refractivity contribution in [2.24, 2.45) is 4.99 Å². The van der Waals surface area contributed by atoms with Crippen LogP contribution in [0.1, 0.15) is 25.3 Å². The molecule has 1 saturated heterocycles. The van der Waals surface area contributed by atoms with E-state index in [-0.39, 0.29) is 30.1 Å². The summed E-state index contributed by atoms with van der Waals surface area (Å²) in [6.07, 6.45) is 3.69. The van der Waals surface area contributed by atoms with E-state index in [1.165, 1.54) is 24.9 Å². The fourth-order valence-electron chi connectivity index (χ4n) is 3.33. The smallest absolute Gasteiger partial charge is 0.191 e. The Morgan fingerprint density at radius 3 is 2.88 bits per heavy atom. The molecule has 0 amide bonds. The maximum Gasteiger partial charge on any atom is 0.191 e. The molecule has 0 spiro atoms. The molecule has 1 aromatic carbocycles. The van der Waals surface area contributed by atoms with E-state index in [1.54, 1.807) is 0 Å². The third kappa shape index (κ3) is 4.99. The maximum atomic E-state index is 5.98. The number of nitrogens with one attached hydrogen (secondary N) is 2. The molecule has 2 unspecified atom stereocenters. The van der Waals surface area contributed by atoms with E-state index in [0.29, 0.717) is 6.04 Å². The van der Waals surface area contributed by atoms with Crippen molar-refractivity contribution < 1.29 is 4.74 Å². The van der Waals surface area contributed by atoms with E-state index in [1.807, 2.05) is 12.1 Å². The van der Waals surface area contributed by atoms with Gasteiger partial charge in [-0.05, 0) is 45.0 Å². The Labute approximate surface area is 162 Å². The number of hydrogen-bond donors (Lipinski definition) is 2. The quantitative estimate of drug-likeness (QED) is 0.416. The summed E-state index contributed by atoms with van der Waals surface area (Å²) in [5, 5.41) is 6.76. The Bertz CT molecular complexity index is 527. The van der Waals surface area contributed by atoms with Gasteiger partial charge < -0.3 is 20.3 Å². The van der Waals surface area contributed by atoms with Crippen LogP contribution in [0.2, 0.25) is 0 Å². The van der Waals surface area contributed by atoms with Gasteiger partial charge in [-0.2, -0.15) is 0 Å². The molecule has 2 N–H and O–H groups in total. The highest BCUT2D eigenvalue weighted by Crippen LogP contribution is 2.27. The molecule has 1 aromatic rings. The van der Waals surface area contributed by atoms with Gasteiger partial charge in [0.25, 0.3) is 0 Å². The van der Waals surface area contributed by atoms with Crippen molar-refractivity contribution in [3.8, 4) is 5.75 Å². The second-order valence-corrected chi connectivity index (χ2v) is 6.43. The average Bonchev–Trinajstić information content (AvgIpc) is 3.15. The number of guanidine groups is 1. The summed E-state index contributed by atoms with van der Waals surface area (Å²) in [6.45, 7) is 5.80. The number of aliphatic imine (C=N–C) groups is 1. The Hall–Kier alpha value is -1.02. The molecule has 6 heteroatoms. The lowest BCUT2D eigenvalue weighted by Crippen LogP contribution is -2.43. The second kappa shape index (κ2) is 9.46. The maximum absolute atomic E-state index is 5.98. The summed E-state index contributed by atoms with van der Waals surface area (Å²) in [5.74, 6) is 1.92. The van der Waals surface area contributed by atoms with Crippen LogP contribution < -0.4 is 15.4 Å². The molecule has 2 atom stereocenters. The van der Waals surface area contributed by atoms with Gasteiger partial charge in [-0.3, -0.25) is 4.99 Å². The van der Waals surface area contributed by atoms with E-state index in [2.05, 4.69) is 41.6 Å². The molecular formula is C18H29IN4O. The minimum Gasteiger partial charge on any atom is -0.488 e. The minimum atomic E-state index is 0. The Balaban J connectivity index is 0.00000208. The molecule has 0 saturated carbocycles.